The Morgan fingerprint density at radius 2 is 1.84 bits per heavy atom. The van der Waals surface area contributed by atoms with Crippen LogP contribution in [-0.4, -0.2) is 11.7 Å². The molecule has 5 rings (SSSR count). The molecule has 4 saturated carbocycles. The van der Waals surface area contributed by atoms with Gasteiger partial charge in [0.15, 0.2) is 0 Å². The molecule has 4 atom stereocenters. The van der Waals surface area contributed by atoms with Gasteiger partial charge in [-0.15, -0.1) is 0 Å². The number of hydrogen-bond donors (Lipinski definition) is 1. The summed E-state index contributed by atoms with van der Waals surface area (Å²) in [5, 5.41) is 10.0. The molecule has 1 aromatic rings. The first-order chi connectivity index (χ1) is 9.07. The Balaban J connectivity index is 1.82. The Morgan fingerprint density at radius 1 is 1.05 bits per heavy atom. The van der Waals surface area contributed by atoms with Gasteiger partial charge in [-0.05, 0) is 66.3 Å². The summed E-state index contributed by atoms with van der Waals surface area (Å²) in [4.78, 5) is 0. The summed E-state index contributed by atoms with van der Waals surface area (Å²) in [6, 6.07) is 11.1. The van der Waals surface area contributed by atoms with E-state index >= 15 is 0 Å². The van der Waals surface area contributed by atoms with E-state index in [-0.39, 0.29) is 5.41 Å². The van der Waals surface area contributed by atoms with Crippen LogP contribution in [0, 0.1) is 16.7 Å². The molecule has 1 heteroatoms. The molecule has 0 aliphatic heterocycles. The van der Waals surface area contributed by atoms with Crippen molar-refractivity contribution in [3.63, 3.8) is 0 Å². The number of aliphatic hydroxyl groups excluding tert-OH is 1. The van der Waals surface area contributed by atoms with Gasteiger partial charge >= 0.3 is 0 Å². The van der Waals surface area contributed by atoms with Crippen LogP contribution >= 0.6 is 0 Å². The minimum atomic E-state index is 0.226. The van der Waals surface area contributed by atoms with Gasteiger partial charge in [0.2, 0.25) is 0 Å². The van der Waals surface area contributed by atoms with Gasteiger partial charge in [-0.25, -0.2) is 0 Å². The van der Waals surface area contributed by atoms with Crippen LogP contribution in [0.15, 0.2) is 30.3 Å². The van der Waals surface area contributed by atoms with E-state index in [0.29, 0.717) is 17.4 Å². The van der Waals surface area contributed by atoms with Crippen LogP contribution in [0.5, 0.6) is 0 Å². The van der Waals surface area contributed by atoms with E-state index in [1.165, 1.54) is 44.1 Å². The van der Waals surface area contributed by atoms with E-state index in [1.54, 1.807) is 0 Å². The van der Waals surface area contributed by atoms with Crippen molar-refractivity contribution in [3.05, 3.63) is 35.9 Å². The fraction of sp³-hybridized carbons (Fsp3) is 0.667. The van der Waals surface area contributed by atoms with Crippen LogP contribution in [0.4, 0.5) is 0 Å². The zero-order valence-corrected chi connectivity index (χ0v) is 11.9. The molecule has 0 aromatic heterocycles. The predicted molar refractivity (Wildman–Crippen MR) is 76.9 cm³/mol. The minimum absolute atomic E-state index is 0.226. The first-order valence-electron chi connectivity index (χ1n) is 7.74. The molecule has 1 N–H and O–H groups in total. The molecule has 0 spiro atoms. The fourth-order valence-corrected chi connectivity index (χ4v) is 6.43. The fourth-order valence-electron chi connectivity index (χ4n) is 6.43. The highest BCUT2D eigenvalue weighted by atomic mass is 16.3. The maximum absolute atomic E-state index is 10.0. The standard InChI is InChI=1S/C18H24O/c1-16-7-14-8-17(10-16,13-19)12-18(9-14,11-16)15-5-3-2-4-6-15/h2-6,14,19H,7-13H2,1H3/t14-,16+,17-,18-/m1/s1. The predicted octanol–water partition coefficient (Wildman–Crippen LogP) is 3.91. The van der Waals surface area contributed by atoms with Crippen LogP contribution < -0.4 is 0 Å². The molecule has 0 heterocycles. The molecular weight excluding hydrogens is 232 g/mol. The number of rotatable bonds is 2. The molecule has 1 aromatic carbocycles. The van der Waals surface area contributed by atoms with E-state index < -0.39 is 0 Å². The normalized spacial score (nSPS) is 47.6. The van der Waals surface area contributed by atoms with Crippen LogP contribution in [0.25, 0.3) is 0 Å². The highest BCUT2D eigenvalue weighted by Gasteiger charge is 2.61. The maximum Gasteiger partial charge on any atom is 0.0488 e. The Hall–Kier alpha value is -0.820. The van der Waals surface area contributed by atoms with E-state index in [1.807, 2.05) is 0 Å². The number of hydrogen-bond acceptors (Lipinski definition) is 1. The lowest BCUT2D eigenvalue weighted by molar-refractivity contribution is -0.136. The highest BCUT2D eigenvalue weighted by Crippen LogP contribution is 2.69. The van der Waals surface area contributed by atoms with Crippen LogP contribution in [0.2, 0.25) is 0 Å². The van der Waals surface area contributed by atoms with Gasteiger partial charge in [0.1, 0.15) is 0 Å². The van der Waals surface area contributed by atoms with Gasteiger partial charge < -0.3 is 5.11 Å². The Morgan fingerprint density at radius 3 is 2.53 bits per heavy atom. The largest absolute Gasteiger partial charge is 0.396 e. The first-order valence-corrected chi connectivity index (χ1v) is 7.74. The maximum atomic E-state index is 10.0. The van der Waals surface area contributed by atoms with Crippen molar-refractivity contribution in [2.45, 2.75) is 50.9 Å². The average molecular weight is 256 g/mol. The van der Waals surface area contributed by atoms with Crippen molar-refractivity contribution < 1.29 is 5.11 Å². The van der Waals surface area contributed by atoms with Crippen molar-refractivity contribution in [2.75, 3.05) is 6.61 Å². The van der Waals surface area contributed by atoms with Crippen molar-refractivity contribution >= 4 is 0 Å². The summed E-state index contributed by atoms with van der Waals surface area (Å²) in [7, 11) is 0. The summed E-state index contributed by atoms with van der Waals surface area (Å²) in [5.74, 6) is 0.841. The van der Waals surface area contributed by atoms with Gasteiger partial charge in [0.25, 0.3) is 0 Å². The molecular formula is C18H24O. The van der Waals surface area contributed by atoms with E-state index in [2.05, 4.69) is 37.3 Å². The molecule has 4 aliphatic rings. The zero-order chi connectivity index (χ0) is 13.1. The van der Waals surface area contributed by atoms with E-state index in [9.17, 15) is 5.11 Å². The molecule has 4 bridgehead atoms. The highest BCUT2D eigenvalue weighted by molar-refractivity contribution is 5.31. The van der Waals surface area contributed by atoms with Gasteiger partial charge in [-0.2, -0.15) is 0 Å². The van der Waals surface area contributed by atoms with E-state index in [4.69, 9.17) is 0 Å². The molecule has 0 amide bonds. The molecule has 0 unspecified atom stereocenters. The first kappa shape index (κ1) is 12.0. The minimum Gasteiger partial charge on any atom is -0.396 e. The summed E-state index contributed by atoms with van der Waals surface area (Å²) in [6.07, 6.45) is 7.82. The molecule has 0 radical (unpaired) electrons. The molecule has 4 aliphatic carbocycles. The summed E-state index contributed by atoms with van der Waals surface area (Å²) < 4.78 is 0. The lowest BCUT2D eigenvalue weighted by Crippen LogP contribution is -2.58. The van der Waals surface area contributed by atoms with Gasteiger partial charge in [-0.3, -0.25) is 0 Å². The van der Waals surface area contributed by atoms with Gasteiger partial charge in [0, 0.05) is 6.61 Å². The molecule has 19 heavy (non-hydrogen) atoms. The van der Waals surface area contributed by atoms with E-state index in [0.717, 1.165) is 5.92 Å². The second kappa shape index (κ2) is 3.63. The number of aliphatic hydroxyl groups is 1. The van der Waals surface area contributed by atoms with Crippen molar-refractivity contribution in [1.29, 1.82) is 0 Å². The second-order valence-corrected chi connectivity index (χ2v) is 8.12. The lowest BCUT2D eigenvalue weighted by atomic mass is 9.39. The van der Waals surface area contributed by atoms with Crippen LogP contribution in [0.3, 0.4) is 0 Å². The Kier molecular flexibility index (Phi) is 2.29. The second-order valence-electron chi connectivity index (χ2n) is 8.12. The Bertz CT molecular complexity index is 496. The topological polar surface area (TPSA) is 20.2 Å². The molecule has 0 saturated heterocycles. The third-order valence-electron chi connectivity index (χ3n) is 6.18. The quantitative estimate of drug-likeness (QED) is 0.850. The average Bonchev–Trinajstić information content (AvgIpc) is 2.37. The molecule has 1 nitrogen and oxygen atoms in total. The third-order valence-corrected chi connectivity index (χ3v) is 6.18. The van der Waals surface area contributed by atoms with Crippen molar-refractivity contribution in [1.82, 2.24) is 0 Å². The Labute approximate surface area is 116 Å². The van der Waals surface area contributed by atoms with Gasteiger partial charge in [-0.1, -0.05) is 37.3 Å². The molecule has 4 fully saturated rings. The summed E-state index contributed by atoms with van der Waals surface area (Å²) in [5.41, 5.74) is 2.59. The van der Waals surface area contributed by atoms with Gasteiger partial charge in [0.05, 0.1) is 0 Å². The van der Waals surface area contributed by atoms with Crippen molar-refractivity contribution in [2.24, 2.45) is 16.7 Å². The smallest absolute Gasteiger partial charge is 0.0488 e. The molecule has 102 valence electrons. The lowest BCUT2D eigenvalue weighted by Gasteiger charge is -2.66. The number of benzene rings is 1. The zero-order valence-electron chi connectivity index (χ0n) is 11.9. The van der Waals surface area contributed by atoms with Crippen LogP contribution in [-0.2, 0) is 5.41 Å². The third kappa shape index (κ3) is 1.64. The van der Waals surface area contributed by atoms with Crippen LogP contribution in [0.1, 0.15) is 51.0 Å². The summed E-state index contributed by atoms with van der Waals surface area (Å²) in [6.45, 7) is 2.87. The summed E-state index contributed by atoms with van der Waals surface area (Å²) >= 11 is 0. The van der Waals surface area contributed by atoms with Crippen molar-refractivity contribution in [3.8, 4) is 0 Å². The monoisotopic (exact) mass is 256 g/mol. The SMILES string of the molecule is C[C@]12C[C@@H]3C[C@@](CO)(C1)C[C@@](c1ccccc1)(C3)C2.